The summed E-state index contributed by atoms with van der Waals surface area (Å²) in [6, 6.07) is 0. The highest BCUT2D eigenvalue weighted by Gasteiger charge is 2.34. The molecule has 0 aromatic heterocycles. The van der Waals surface area contributed by atoms with E-state index in [0.29, 0.717) is 11.6 Å². The summed E-state index contributed by atoms with van der Waals surface area (Å²) < 4.78 is 5.34. The van der Waals surface area contributed by atoms with Crippen molar-refractivity contribution in [2.45, 2.75) is 38.8 Å². The Labute approximate surface area is 95.5 Å². The monoisotopic (exact) mass is 230 g/mol. The highest BCUT2D eigenvalue weighted by Crippen LogP contribution is 2.21. The van der Waals surface area contributed by atoms with Crippen LogP contribution in [0.5, 0.6) is 0 Å². The minimum atomic E-state index is -0.630. The molecule has 1 saturated heterocycles. The van der Waals surface area contributed by atoms with Crippen molar-refractivity contribution in [1.29, 1.82) is 0 Å². The van der Waals surface area contributed by atoms with Crippen LogP contribution in [-0.2, 0) is 9.53 Å². The van der Waals surface area contributed by atoms with Gasteiger partial charge >= 0.3 is 0 Å². The molecule has 15 heavy (non-hydrogen) atoms. The molecule has 0 radical (unpaired) electrons. The third-order valence-electron chi connectivity index (χ3n) is 2.76. The fourth-order valence-corrected chi connectivity index (χ4v) is 1.59. The molecule has 1 aliphatic heterocycles. The van der Waals surface area contributed by atoms with E-state index < -0.39 is 5.54 Å². The van der Waals surface area contributed by atoms with Gasteiger partial charge in [-0.2, -0.15) is 0 Å². The highest BCUT2D eigenvalue weighted by atomic mass is 32.1. The molecule has 1 amide bonds. The van der Waals surface area contributed by atoms with E-state index in [2.05, 4.69) is 5.32 Å². The van der Waals surface area contributed by atoms with E-state index in [-0.39, 0.29) is 17.9 Å². The van der Waals surface area contributed by atoms with Gasteiger partial charge in [0.15, 0.2) is 0 Å². The maximum Gasteiger partial charge on any atom is 0.226 e. The van der Waals surface area contributed by atoms with Gasteiger partial charge in [0.1, 0.15) is 0 Å². The molecule has 86 valence electrons. The van der Waals surface area contributed by atoms with Gasteiger partial charge in [-0.05, 0) is 27.2 Å². The van der Waals surface area contributed by atoms with Gasteiger partial charge in [-0.1, -0.05) is 12.2 Å². The van der Waals surface area contributed by atoms with E-state index in [9.17, 15) is 4.79 Å². The lowest BCUT2D eigenvalue weighted by atomic mass is 9.98. The first-order chi connectivity index (χ1) is 6.84. The largest absolute Gasteiger partial charge is 0.391 e. The molecule has 0 aromatic rings. The molecule has 0 aliphatic carbocycles. The highest BCUT2D eigenvalue weighted by molar-refractivity contribution is 7.80. The van der Waals surface area contributed by atoms with Gasteiger partial charge < -0.3 is 15.8 Å². The van der Waals surface area contributed by atoms with Crippen LogP contribution in [-0.4, -0.2) is 29.1 Å². The van der Waals surface area contributed by atoms with Crippen LogP contribution in [0.15, 0.2) is 0 Å². The Morgan fingerprint density at radius 2 is 2.20 bits per heavy atom. The van der Waals surface area contributed by atoms with E-state index >= 15 is 0 Å². The summed E-state index contributed by atoms with van der Waals surface area (Å²) in [7, 11) is 0. The molecule has 3 N–H and O–H groups in total. The van der Waals surface area contributed by atoms with Crippen molar-refractivity contribution in [2.24, 2.45) is 11.7 Å². The molecule has 0 spiro atoms. The summed E-state index contributed by atoms with van der Waals surface area (Å²) in [5, 5.41) is 2.84. The fraction of sp³-hybridized carbons (Fsp3) is 0.800. The summed E-state index contributed by atoms with van der Waals surface area (Å²) in [6.45, 7) is 6.15. The van der Waals surface area contributed by atoms with Gasteiger partial charge in [0, 0.05) is 6.61 Å². The van der Waals surface area contributed by atoms with Crippen LogP contribution < -0.4 is 11.1 Å². The summed E-state index contributed by atoms with van der Waals surface area (Å²) in [5.41, 5.74) is 4.91. The Kier molecular flexibility index (Phi) is 3.67. The van der Waals surface area contributed by atoms with Crippen molar-refractivity contribution in [3.63, 3.8) is 0 Å². The van der Waals surface area contributed by atoms with Gasteiger partial charge in [0.2, 0.25) is 5.91 Å². The molecular formula is C10H18N2O2S. The van der Waals surface area contributed by atoms with Crippen molar-refractivity contribution >= 4 is 23.1 Å². The number of amides is 1. The molecule has 0 saturated carbocycles. The summed E-state index contributed by atoms with van der Waals surface area (Å²) >= 11 is 4.89. The first kappa shape index (κ1) is 12.4. The quantitative estimate of drug-likeness (QED) is 0.697. The molecule has 0 bridgehead atoms. The number of rotatable bonds is 3. The standard InChI is InChI=1S/C10H18N2O2S/c1-6-7(4-5-14-6)8(13)12-10(2,3)9(11)15/h6-7H,4-5H2,1-3H3,(H2,11,15)(H,12,13). The first-order valence-electron chi connectivity index (χ1n) is 5.08. The molecular weight excluding hydrogens is 212 g/mol. The number of ether oxygens (including phenoxy) is 1. The van der Waals surface area contributed by atoms with Crippen LogP contribution in [0.2, 0.25) is 0 Å². The molecule has 5 heteroatoms. The van der Waals surface area contributed by atoms with Crippen LogP contribution in [0, 0.1) is 5.92 Å². The van der Waals surface area contributed by atoms with Crippen LogP contribution in [0.1, 0.15) is 27.2 Å². The lowest BCUT2D eigenvalue weighted by Crippen LogP contribution is -2.54. The van der Waals surface area contributed by atoms with Gasteiger partial charge in [-0.3, -0.25) is 4.79 Å². The predicted octanol–water partition coefficient (Wildman–Crippen LogP) is 0.592. The van der Waals surface area contributed by atoms with Crippen LogP contribution in [0.3, 0.4) is 0 Å². The number of carbonyl (C=O) groups excluding carboxylic acids is 1. The third-order valence-corrected chi connectivity index (χ3v) is 3.28. The minimum absolute atomic E-state index is 0.0212. The first-order valence-corrected chi connectivity index (χ1v) is 5.49. The van der Waals surface area contributed by atoms with E-state index in [4.69, 9.17) is 22.7 Å². The molecule has 1 rings (SSSR count). The zero-order chi connectivity index (χ0) is 11.6. The maximum absolute atomic E-state index is 11.9. The second-order valence-electron chi connectivity index (χ2n) is 4.45. The van der Waals surface area contributed by atoms with Gasteiger partial charge in [0.25, 0.3) is 0 Å². The summed E-state index contributed by atoms with van der Waals surface area (Å²) in [4.78, 5) is 12.2. The van der Waals surface area contributed by atoms with Gasteiger partial charge in [0.05, 0.1) is 22.5 Å². The third kappa shape index (κ3) is 2.89. The number of nitrogens with one attached hydrogen (secondary N) is 1. The lowest BCUT2D eigenvalue weighted by Gasteiger charge is -2.27. The predicted molar refractivity (Wildman–Crippen MR) is 62.5 cm³/mol. The Morgan fingerprint density at radius 3 is 2.60 bits per heavy atom. The normalized spacial score (nSPS) is 26.3. The molecule has 0 aromatic carbocycles. The molecule has 4 nitrogen and oxygen atoms in total. The maximum atomic E-state index is 11.9. The van der Waals surface area contributed by atoms with Crippen molar-refractivity contribution in [3.05, 3.63) is 0 Å². The number of carbonyl (C=O) groups is 1. The van der Waals surface area contributed by atoms with Crippen molar-refractivity contribution in [2.75, 3.05) is 6.61 Å². The average molecular weight is 230 g/mol. The Morgan fingerprint density at radius 1 is 1.60 bits per heavy atom. The Balaban J connectivity index is 2.59. The SMILES string of the molecule is CC1OCCC1C(=O)NC(C)(C)C(N)=S. The second-order valence-corrected chi connectivity index (χ2v) is 4.89. The number of nitrogens with two attached hydrogens (primary N) is 1. The van der Waals surface area contributed by atoms with E-state index in [1.54, 1.807) is 13.8 Å². The molecule has 1 fully saturated rings. The van der Waals surface area contributed by atoms with Crippen molar-refractivity contribution in [1.82, 2.24) is 5.32 Å². The lowest BCUT2D eigenvalue weighted by molar-refractivity contribution is -0.127. The topological polar surface area (TPSA) is 64.3 Å². The Bertz CT molecular complexity index is 279. The minimum Gasteiger partial charge on any atom is -0.391 e. The smallest absolute Gasteiger partial charge is 0.226 e. The van der Waals surface area contributed by atoms with E-state index in [1.165, 1.54) is 0 Å². The molecule has 2 unspecified atom stereocenters. The number of thiocarbonyl (C=S) groups is 1. The van der Waals surface area contributed by atoms with Crippen LogP contribution in [0.4, 0.5) is 0 Å². The fourth-order valence-electron chi connectivity index (χ4n) is 1.54. The summed E-state index contributed by atoms with van der Waals surface area (Å²) in [6.07, 6.45) is 0.743. The molecule has 1 aliphatic rings. The molecule has 1 heterocycles. The zero-order valence-electron chi connectivity index (χ0n) is 9.37. The number of hydrogen-bond acceptors (Lipinski definition) is 3. The van der Waals surface area contributed by atoms with Crippen molar-refractivity contribution < 1.29 is 9.53 Å². The van der Waals surface area contributed by atoms with Crippen LogP contribution in [0.25, 0.3) is 0 Å². The van der Waals surface area contributed by atoms with Gasteiger partial charge in [-0.15, -0.1) is 0 Å². The average Bonchev–Trinajstić information content (AvgIpc) is 2.50. The van der Waals surface area contributed by atoms with E-state index in [1.807, 2.05) is 6.92 Å². The van der Waals surface area contributed by atoms with Gasteiger partial charge in [-0.25, -0.2) is 0 Å². The Hall–Kier alpha value is -0.680. The van der Waals surface area contributed by atoms with Crippen LogP contribution >= 0.6 is 12.2 Å². The van der Waals surface area contributed by atoms with E-state index in [0.717, 1.165) is 6.42 Å². The zero-order valence-corrected chi connectivity index (χ0v) is 10.2. The summed E-state index contributed by atoms with van der Waals surface area (Å²) in [5.74, 6) is -0.114. The number of hydrogen-bond donors (Lipinski definition) is 2. The second kappa shape index (κ2) is 4.45. The molecule has 2 atom stereocenters. The van der Waals surface area contributed by atoms with Crippen molar-refractivity contribution in [3.8, 4) is 0 Å².